The predicted molar refractivity (Wildman–Crippen MR) is 112 cm³/mol. The maximum absolute atomic E-state index is 12.9. The van der Waals surface area contributed by atoms with Crippen LogP contribution in [0.15, 0.2) is 0 Å². The first-order valence-electron chi connectivity index (χ1n) is 9.44. The average Bonchev–Trinajstić information content (AvgIpc) is 2.64. The molecule has 26 heavy (non-hydrogen) atoms. The van der Waals surface area contributed by atoms with E-state index in [1.54, 1.807) is 0 Å². The summed E-state index contributed by atoms with van der Waals surface area (Å²) in [5.41, 5.74) is 16.3. The van der Waals surface area contributed by atoms with Crippen molar-refractivity contribution in [2.24, 2.45) is 17.2 Å². The van der Waals surface area contributed by atoms with Crippen molar-refractivity contribution in [1.29, 1.82) is 0 Å². The summed E-state index contributed by atoms with van der Waals surface area (Å²) in [5.74, 6) is 0.656. The molecule has 0 heterocycles. The lowest BCUT2D eigenvalue weighted by molar-refractivity contribution is 0.220. The van der Waals surface area contributed by atoms with Crippen molar-refractivity contribution in [3.05, 3.63) is 0 Å². The van der Waals surface area contributed by atoms with E-state index < -0.39 is 6.80 Å². The minimum absolute atomic E-state index is 0.343. The van der Waals surface area contributed by atoms with Crippen LogP contribution in [0.2, 0.25) is 0 Å². The molecule has 0 bridgehead atoms. The SMILES string of the molecule is NCCCNCCOP(=O)(OCCNCCCN)SCCNCCCN. The molecule has 0 fully saturated rings. The number of nitrogens with two attached hydrogens (primary N) is 3. The fourth-order valence-electron chi connectivity index (χ4n) is 1.86. The standard InChI is InChI=1S/C15H39N6O3PS/c16-4-1-7-19-10-13-23-25(22,24-14-11-20-8-2-5-17)26-15-12-21-9-3-6-18/h19-21H,1-18H2. The van der Waals surface area contributed by atoms with Gasteiger partial charge in [-0.2, -0.15) is 0 Å². The number of hydrogen-bond donors (Lipinski definition) is 6. The molecule has 9 nitrogen and oxygen atoms in total. The van der Waals surface area contributed by atoms with E-state index in [0.29, 0.717) is 51.7 Å². The lowest BCUT2D eigenvalue weighted by atomic mass is 10.4. The van der Waals surface area contributed by atoms with E-state index in [2.05, 4.69) is 16.0 Å². The molecule has 0 aromatic heterocycles. The van der Waals surface area contributed by atoms with E-state index in [1.165, 1.54) is 11.4 Å². The molecule has 0 aromatic carbocycles. The second-order valence-electron chi connectivity index (χ2n) is 5.62. The van der Waals surface area contributed by atoms with Crippen LogP contribution in [0.25, 0.3) is 0 Å². The summed E-state index contributed by atoms with van der Waals surface area (Å²) < 4.78 is 24.0. The summed E-state index contributed by atoms with van der Waals surface area (Å²) in [6.07, 6.45) is 2.75. The van der Waals surface area contributed by atoms with Crippen molar-refractivity contribution in [2.45, 2.75) is 19.3 Å². The van der Waals surface area contributed by atoms with Gasteiger partial charge < -0.3 is 33.2 Å². The molecule has 0 saturated carbocycles. The van der Waals surface area contributed by atoms with Gasteiger partial charge in [0.25, 0.3) is 0 Å². The number of hydrogen-bond acceptors (Lipinski definition) is 10. The summed E-state index contributed by atoms with van der Waals surface area (Å²) in [7, 11) is 0. The largest absolute Gasteiger partial charge is 0.389 e. The first-order valence-corrected chi connectivity index (χ1v) is 12.6. The van der Waals surface area contributed by atoms with Gasteiger partial charge in [-0.15, -0.1) is 0 Å². The minimum Gasteiger partial charge on any atom is -0.330 e. The Hall–Kier alpha value is 0.260. The summed E-state index contributed by atoms with van der Waals surface area (Å²) in [6.45, 7) is 4.00. The van der Waals surface area contributed by atoms with Crippen molar-refractivity contribution in [3.8, 4) is 0 Å². The molecular weight excluding hydrogens is 375 g/mol. The van der Waals surface area contributed by atoms with Crippen LogP contribution in [0.4, 0.5) is 0 Å². The van der Waals surface area contributed by atoms with Crippen molar-refractivity contribution in [3.63, 3.8) is 0 Å². The van der Waals surface area contributed by atoms with Crippen molar-refractivity contribution in [2.75, 3.05) is 77.9 Å². The fourth-order valence-corrected chi connectivity index (χ4v) is 5.01. The molecule has 0 amide bonds. The normalized spacial score (nSPS) is 12.0. The molecule has 9 N–H and O–H groups in total. The van der Waals surface area contributed by atoms with E-state index in [0.717, 1.165) is 45.4 Å². The molecule has 0 spiro atoms. The van der Waals surface area contributed by atoms with Gasteiger partial charge in [0.2, 0.25) is 0 Å². The number of rotatable bonds is 21. The Morgan fingerprint density at radius 2 is 1.12 bits per heavy atom. The smallest absolute Gasteiger partial charge is 0.330 e. The second-order valence-corrected chi connectivity index (χ2v) is 9.82. The fraction of sp³-hybridized carbons (Fsp3) is 1.00. The van der Waals surface area contributed by atoms with Crippen molar-refractivity contribution < 1.29 is 13.6 Å². The predicted octanol–water partition coefficient (Wildman–Crippen LogP) is -0.324. The van der Waals surface area contributed by atoms with Gasteiger partial charge in [0.1, 0.15) is 0 Å². The van der Waals surface area contributed by atoms with Crippen LogP contribution in [-0.4, -0.2) is 77.9 Å². The van der Waals surface area contributed by atoms with Crippen LogP contribution < -0.4 is 33.2 Å². The van der Waals surface area contributed by atoms with Gasteiger partial charge in [-0.1, -0.05) is 0 Å². The van der Waals surface area contributed by atoms with Crippen LogP contribution in [0.3, 0.4) is 0 Å². The zero-order valence-electron chi connectivity index (χ0n) is 15.9. The highest BCUT2D eigenvalue weighted by Crippen LogP contribution is 2.60. The first kappa shape index (κ1) is 26.3. The Bertz CT molecular complexity index is 297. The number of nitrogens with one attached hydrogen (secondary N) is 3. The lowest BCUT2D eigenvalue weighted by Crippen LogP contribution is -2.24. The Labute approximate surface area is 162 Å². The molecule has 0 saturated heterocycles. The molecule has 0 atom stereocenters. The molecule has 0 aliphatic heterocycles. The lowest BCUT2D eigenvalue weighted by Gasteiger charge is -2.18. The summed E-state index contributed by atoms with van der Waals surface area (Å²) in [5, 5.41) is 9.66. The Morgan fingerprint density at radius 3 is 1.54 bits per heavy atom. The Kier molecular flexibility index (Phi) is 20.2. The van der Waals surface area contributed by atoms with Crippen LogP contribution in [0.1, 0.15) is 19.3 Å². The molecular formula is C15H39N6O3PS. The third-order valence-electron chi connectivity index (χ3n) is 3.26. The van der Waals surface area contributed by atoms with Crippen LogP contribution >= 0.6 is 18.2 Å². The van der Waals surface area contributed by atoms with Crippen LogP contribution in [-0.2, 0) is 13.6 Å². The quantitative estimate of drug-likeness (QED) is 0.109. The van der Waals surface area contributed by atoms with E-state index in [4.69, 9.17) is 26.2 Å². The topological polar surface area (TPSA) is 150 Å². The molecule has 0 aliphatic carbocycles. The zero-order chi connectivity index (χ0) is 19.3. The zero-order valence-corrected chi connectivity index (χ0v) is 17.6. The summed E-state index contributed by atoms with van der Waals surface area (Å²) in [4.78, 5) is 0. The van der Waals surface area contributed by atoms with Crippen LogP contribution in [0.5, 0.6) is 0 Å². The average molecular weight is 415 g/mol. The van der Waals surface area contributed by atoms with E-state index in [9.17, 15) is 4.57 Å². The highest BCUT2D eigenvalue weighted by molar-refractivity contribution is 8.55. The van der Waals surface area contributed by atoms with E-state index >= 15 is 0 Å². The third-order valence-corrected chi connectivity index (χ3v) is 7.09. The molecule has 0 unspecified atom stereocenters. The molecule has 0 aliphatic rings. The van der Waals surface area contributed by atoms with Gasteiger partial charge in [-0.05, 0) is 69.9 Å². The highest BCUT2D eigenvalue weighted by atomic mass is 32.7. The molecule has 0 radical (unpaired) electrons. The molecule has 0 aromatic rings. The molecule has 0 rings (SSSR count). The monoisotopic (exact) mass is 414 g/mol. The summed E-state index contributed by atoms with van der Waals surface area (Å²) >= 11 is 1.24. The van der Waals surface area contributed by atoms with Gasteiger partial charge in [0, 0.05) is 25.4 Å². The van der Waals surface area contributed by atoms with Gasteiger partial charge in [-0.3, -0.25) is 9.05 Å². The van der Waals surface area contributed by atoms with Crippen molar-refractivity contribution in [1.82, 2.24) is 16.0 Å². The minimum atomic E-state index is -3.16. The van der Waals surface area contributed by atoms with E-state index in [-0.39, 0.29) is 0 Å². The maximum atomic E-state index is 12.9. The van der Waals surface area contributed by atoms with E-state index in [1.807, 2.05) is 0 Å². The Morgan fingerprint density at radius 1 is 0.692 bits per heavy atom. The van der Waals surface area contributed by atoms with Gasteiger partial charge >= 0.3 is 6.80 Å². The highest BCUT2D eigenvalue weighted by Gasteiger charge is 2.25. The van der Waals surface area contributed by atoms with Gasteiger partial charge in [0.15, 0.2) is 0 Å². The first-order chi connectivity index (χ1) is 12.7. The molecule has 11 heteroatoms. The Balaban J connectivity index is 4.04. The molecule has 158 valence electrons. The maximum Gasteiger partial charge on any atom is 0.389 e. The van der Waals surface area contributed by atoms with Gasteiger partial charge in [0.05, 0.1) is 13.2 Å². The summed E-state index contributed by atoms with van der Waals surface area (Å²) in [6, 6.07) is 0. The van der Waals surface area contributed by atoms with Crippen molar-refractivity contribution >= 4 is 18.2 Å². The van der Waals surface area contributed by atoms with Gasteiger partial charge in [-0.25, -0.2) is 4.57 Å². The van der Waals surface area contributed by atoms with Crippen LogP contribution in [0, 0.1) is 0 Å². The third kappa shape index (κ3) is 17.7. The second kappa shape index (κ2) is 20.0.